The topological polar surface area (TPSA) is 80.3 Å². The fourth-order valence-corrected chi connectivity index (χ4v) is 2.67. The third-order valence-corrected chi connectivity index (χ3v) is 3.72. The Morgan fingerprint density at radius 2 is 2.32 bits per heavy atom. The molecule has 5 heteroatoms. The molecule has 1 heterocycles. The van der Waals surface area contributed by atoms with E-state index in [1.54, 1.807) is 12.3 Å². The lowest BCUT2D eigenvalue weighted by Crippen LogP contribution is -2.30. The van der Waals surface area contributed by atoms with Crippen LogP contribution in [-0.2, 0) is 0 Å². The smallest absolute Gasteiger partial charge is 0.268 e. The molecule has 2 rings (SSSR count). The van der Waals surface area contributed by atoms with Gasteiger partial charge in [-0.05, 0) is 45.1 Å². The molecule has 2 atom stereocenters. The number of anilines is 1. The number of nitrogen functional groups attached to an aromatic ring is 1. The van der Waals surface area contributed by atoms with Gasteiger partial charge in [0.1, 0.15) is 5.69 Å². The summed E-state index contributed by atoms with van der Waals surface area (Å²) in [6, 6.07) is 1.91. The number of hydrogen-bond donors (Lipinski definition) is 3. The van der Waals surface area contributed by atoms with Crippen molar-refractivity contribution in [3.63, 3.8) is 0 Å². The zero-order valence-corrected chi connectivity index (χ0v) is 11.6. The zero-order chi connectivity index (χ0) is 14.0. The summed E-state index contributed by atoms with van der Waals surface area (Å²) in [5, 5.41) is 12.4. The molecule has 4 N–H and O–H groups in total. The number of hydrogen-bond acceptors (Lipinski definition) is 3. The number of carbonyl (C=O) groups excluding carboxylic acids is 1. The molecule has 0 radical (unpaired) electrons. The van der Waals surface area contributed by atoms with E-state index in [4.69, 9.17) is 5.73 Å². The van der Waals surface area contributed by atoms with Gasteiger partial charge in [-0.25, -0.2) is 0 Å². The van der Waals surface area contributed by atoms with Crippen LogP contribution in [-0.4, -0.2) is 28.2 Å². The normalized spacial score (nSPS) is 22.9. The van der Waals surface area contributed by atoms with Crippen LogP contribution in [0.2, 0.25) is 0 Å². The second kappa shape index (κ2) is 5.65. The van der Waals surface area contributed by atoms with E-state index in [1.165, 1.54) is 0 Å². The number of rotatable bonds is 4. The van der Waals surface area contributed by atoms with Gasteiger partial charge in [0.05, 0.1) is 11.8 Å². The minimum Gasteiger partial charge on any atom is -0.397 e. The van der Waals surface area contributed by atoms with Crippen LogP contribution < -0.4 is 11.1 Å². The molecule has 1 aromatic heterocycles. The van der Waals surface area contributed by atoms with Crippen molar-refractivity contribution in [3.05, 3.63) is 18.0 Å². The van der Waals surface area contributed by atoms with E-state index < -0.39 is 0 Å². The van der Waals surface area contributed by atoms with Crippen LogP contribution in [0.4, 0.5) is 5.69 Å². The Balaban J connectivity index is 1.96. The highest BCUT2D eigenvalue weighted by molar-refractivity contribution is 5.93. The highest BCUT2D eigenvalue weighted by Gasteiger charge is 2.23. The van der Waals surface area contributed by atoms with Gasteiger partial charge in [-0.2, -0.15) is 0 Å². The molecule has 5 nitrogen and oxygen atoms in total. The van der Waals surface area contributed by atoms with Gasteiger partial charge in [0.25, 0.3) is 5.91 Å². The third-order valence-electron chi connectivity index (χ3n) is 3.72. The second-order valence-corrected chi connectivity index (χ2v) is 5.70. The Morgan fingerprint density at radius 1 is 1.58 bits per heavy atom. The first-order valence-corrected chi connectivity index (χ1v) is 6.91. The lowest BCUT2D eigenvalue weighted by molar-refractivity contribution is 0.0934. The fraction of sp³-hybridized carbons (Fsp3) is 0.643. The van der Waals surface area contributed by atoms with Gasteiger partial charge in [-0.1, -0.05) is 0 Å². The van der Waals surface area contributed by atoms with E-state index >= 15 is 0 Å². The Hall–Kier alpha value is -1.49. The van der Waals surface area contributed by atoms with E-state index in [0.717, 1.165) is 19.3 Å². The number of amides is 1. The lowest BCUT2D eigenvalue weighted by atomic mass is 10.1. The maximum Gasteiger partial charge on any atom is 0.268 e. The highest BCUT2D eigenvalue weighted by atomic mass is 16.3. The van der Waals surface area contributed by atoms with Gasteiger partial charge in [0.15, 0.2) is 0 Å². The largest absolute Gasteiger partial charge is 0.397 e. The second-order valence-electron chi connectivity index (χ2n) is 5.70. The number of nitrogens with two attached hydrogens (primary N) is 1. The number of aromatic nitrogens is 1. The molecular formula is C14H23N3O2. The van der Waals surface area contributed by atoms with Crippen LogP contribution in [0.3, 0.4) is 0 Å². The molecule has 0 spiro atoms. The van der Waals surface area contributed by atoms with E-state index in [2.05, 4.69) is 5.32 Å². The maximum atomic E-state index is 12.2. The van der Waals surface area contributed by atoms with E-state index in [0.29, 0.717) is 23.8 Å². The Kier molecular flexibility index (Phi) is 4.14. The van der Waals surface area contributed by atoms with Gasteiger partial charge in [-0.15, -0.1) is 0 Å². The SMILES string of the molecule is CC(C)n1cc(N)cc1C(=O)NCC1CCC(O)C1. The maximum absolute atomic E-state index is 12.2. The molecule has 1 amide bonds. The minimum atomic E-state index is -0.197. The summed E-state index contributed by atoms with van der Waals surface area (Å²) in [7, 11) is 0. The number of carbonyl (C=O) groups is 1. The Labute approximate surface area is 113 Å². The van der Waals surface area contributed by atoms with Crippen molar-refractivity contribution in [1.29, 1.82) is 0 Å². The van der Waals surface area contributed by atoms with Crippen LogP contribution in [0.5, 0.6) is 0 Å². The highest BCUT2D eigenvalue weighted by Crippen LogP contribution is 2.24. The van der Waals surface area contributed by atoms with Gasteiger partial charge >= 0.3 is 0 Å². The van der Waals surface area contributed by atoms with Gasteiger partial charge in [0.2, 0.25) is 0 Å². The molecule has 1 aromatic rings. The van der Waals surface area contributed by atoms with Gasteiger partial charge < -0.3 is 20.7 Å². The first-order valence-electron chi connectivity index (χ1n) is 6.91. The molecule has 0 saturated heterocycles. The summed E-state index contributed by atoms with van der Waals surface area (Å²) in [6.45, 7) is 4.66. The first-order chi connectivity index (χ1) is 8.97. The van der Waals surface area contributed by atoms with Gasteiger partial charge in [-0.3, -0.25) is 4.79 Å². The quantitative estimate of drug-likeness (QED) is 0.772. The molecule has 1 aliphatic rings. The summed E-state index contributed by atoms with van der Waals surface area (Å²) >= 11 is 0. The van der Waals surface area contributed by atoms with Crippen LogP contribution in [0.1, 0.15) is 49.6 Å². The average molecular weight is 265 g/mol. The third kappa shape index (κ3) is 3.29. The van der Waals surface area contributed by atoms with Crippen LogP contribution in [0, 0.1) is 5.92 Å². The summed E-state index contributed by atoms with van der Waals surface area (Å²) in [5.41, 5.74) is 6.97. The monoisotopic (exact) mass is 265 g/mol. The molecule has 0 aliphatic heterocycles. The molecule has 1 fully saturated rings. The lowest BCUT2D eigenvalue weighted by Gasteiger charge is -2.14. The predicted molar refractivity (Wildman–Crippen MR) is 74.9 cm³/mol. The van der Waals surface area contributed by atoms with E-state index in [1.807, 2.05) is 18.4 Å². The van der Waals surface area contributed by atoms with E-state index in [9.17, 15) is 9.90 Å². The zero-order valence-electron chi connectivity index (χ0n) is 11.6. The van der Waals surface area contributed by atoms with Crippen LogP contribution in [0.25, 0.3) is 0 Å². The number of nitrogens with one attached hydrogen (secondary N) is 1. The van der Waals surface area contributed by atoms with Crippen molar-refractivity contribution in [2.24, 2.45) is 5.92 Å². The standard InChI is InChI=1S/C14H23N3O2/c1-9(2)17-8-11(15)6-13(17)14(19)16-7-10-3-4-12(18)5-10/h6,8-10,12,18H,3-5,7,15H2,1-2H3,(H,16,19). The average Bonchev–Trinajstić information content (AvgIpc) is 2.92. The first kappa shape index (κ1) is 13.9. The van der Waals surface area contributed by atoms with Crippen molar-refractivity contribution >= 4 is 11.6 Å². The molecule has 1 aliphatic carbocycles. The summed E-state index contributed by atoms with van der Waals surface area (Å²) < 4.78 is 1.88. The summed E-state index contributed by atoms with van der Waals surface area (Å²) in [4.78, 5) is 12.2. The number of nitrogens with zero attached hydrogens (tertiary/aromatic N) is 1. The van der Waals surface area contributed by atoms with Crippen molar-refractivity contribution in [1.82, 2.24) is 9.88 Å². The van der Waals surface area contributed by atoms with Crippen molar-refractivity contribution < 1.29 is 9.90 Å². The molecule has 1 saturated carbocycles. The number of aliphatic hydroxyl groups is 1. The molecule has 2 unspecified atom stereocenters. The van der Waals surface area contributed by atoms with Crippen molar-refractivity contribution in [3.8, 4) is 0 Å². The summed E-state index contributed by atoms with van der Waals surface area (Å²) in [5.74, 6) is 0.297. The number of aliphatic hydroxyl groups excluding tert-OH is 1. The van der Waals surface area contributed by atoms with Crippen molar-refractivity contribution in [2.45, 2.75) is 45.3 Å². The molecule has 106 valence electrons. The van der Waals surface area contributed by atoms with E-state index in [-0.39, 0.29) is 18.1 Å². The van der Waals surface area contributed by atoms with Crippen LogP contribution >= 0.6 is 0 Å². The van der Waals surface area contributed by atoms with Gasteiger partial charge in [0, 0.05) is 18.8 Å². The molecular weight excluding hydrogens is 242 g/mol. The Morgan fingerprint density at radius 3 is 2.89 bits per heavy atom. The predicted octanol–water partition coefficient (Wildman–Crippen LogP) is 1.54. The molecule has 0 bridgehead atoms. The van der Waals surface area contributed by atoms with Crippen molar-refractivity contribution in [2.75, 3.05) is 12.3 Å². The Bertz CT molecular complexity index is 454. The van der Waals surface area contributed by atoms with Crippen LogP contribution in [0.15, 0.2) is 12.3 Å². The molecule has 19 heavy (non-hydrogen) atoms. The summed E-state index contributed by atoms with van der Waals surface area (Å²) in [6.07, 6.45) is 4.20. The minimum absolute atomic E-state index is 0.0909. The molecule has 0 aromatic carbocycles. The fourth-order valence-electron chi connectivity index (χ4n) is 2.67.